The summed E-state index contributed by atoms with van der Waals surface area (Å²) in [5, 5.41) is 6.98. The molecular weight excluding hydrogens is 380 g/mol. The van der Waals surface area contributed by atoms with Gasteiger partial charge in [-0.2, -0.15) is 9.97 Å². The number of benzene rings is 1. The molecule has 2 aromatic rings. The summed E-state index contributed by atoms with van der Waals surface area (Å²) in [6, 6.07) is 10.7. The Kier molecular flexibility index (Phi) is 6.13. The van der Waals surface area contributed by atoms with Crippen LogP contribution in [0.1, 0.15) is 44.2 Å². The van der Waals surface area contributed by atoms with Crippen molar-refractivity contribution in [3.05, 3.63) is 41.5 Å². The van der Waals surface area contributed by atoms with Crippen LogP contribution in [-0.2, 0) is 13.1 Å². The number of hydrogen-bond acceptors (Lipinski definition) is 5. The van der Waals surface area contributed by atoms with Crippen LogP contribution in [0.3, 0.4) is 0 Å². The highest BCUT2D eigenvalue weighted by molar-refractivity contribution is 7.80. The minimum atomic E-state index is 0.570. The van der Waals surface area contributed by atoms with Gasteiger partial charge in [0.25, 0.3) is 0 Å². The molecule has 2 aliphatic heterocycles. The van der Waals surface area contributed by atoms with E-state index in [4.69, 9.17) is 22.2 Å². The molecule has 0 bridgehead atoms. The second kappa shape index (κ2) is 8.95. The molecule has 1 fully saturated rings. The Morgan fingerprint density at radius 2 is 1.83 bits per heavy atom. The fourth-order valence-electron chi connectivity index (χ4n) is 4.08. The number of fused-ring (bicyclic) bond motifs is 1. The number of thiocarbonyl (C=S) groups is 1. The van der Waals surface area contributed by atoms with E-state index >= 15 is 0 Å². The first-order chi connectivity index (χ1) is 14.1. The summed E-state index contributed by atoms with van der Waals surface area (Å²) in [6.07, 6.45) is 3.51. The summed E-state index contributed by atoms with van der Waals surface area (Å²) >= 11 is 5.43. The molecule has 154 valence electrons. The molecule has 1 saturated heterocycles. The third-order valence-electron chi connectivity index (χ3n) is 5.61. The highest BCUT2D eigenvalue weighted by Crippen LogP contribution is 2.31. The SMILES string of the molecule is CCCNC(=S)Nc1nc(N2Cc3ccccc3C2)cc(N2CCC[C@H](C)C2)n1. The fraction of sp³-hybridized carbons (Fsp3) is 0.500. The van der Waals surface area contributed by atoms with Crippen LogP contribution >= 0.6 is 12.2 Å². The number of hydrogen-bond donors (Lipinski definition) is 2. The van der Waals surface area contributed by atoms with Crippen molar-refractivity contribution in [3.8, 4) is 0 Å². The molecule has 2 aliphatic rings. The molecule has 1 atom stereocenters. The summed E-state index contributed by atoms with van der Waals surface area (Å²) in [5.74, 6) is 3.19. The molecule has 1 aromatic heterocycles. The van der Waals surface area contributed by atoms with Crippen molar-refractivity contribution in [1.82, 2.24) is 15.3 Å². The van der Waals surface area contributed by atoms with Gasteiger partial charge >= 0.3 is 0 Å². The fourth-order valence-corrected chi connectivity index (χ4v) is 4.27. The van der Waals surface area contributed by atoms with Gasteiger partial charge in [0.15, 0.2) is 5.11 Å². The number of nitrogens with zero attached hydrogens (tertiary/aromatic N) is 4. The van der Waals surface area contributed by atoms with Crippen molar-refractivity contribution in [2.24, 2.45) is 5.92 Å². The maximum absolute atomic E-state index is 5.43. The van der Waals surface area contributed by atoms with Gasteiger partial charge in [0.05, 0.1) is 0 Å². The van der Waals surface area contributed by atoms with Crippen LogP contribution in [0, 0.1) is 5.92 Å². The molecule has 6 nitrogen and oxygen atoms in total. The number of anilines is 3. The normalized spacial score (nSPS) is 18.5. The van der Waals surface area contributed by atoms with E-state index in [1.165, 1.54) is 24.0 Å². The third-order valence-corrected chi connectivity index (χ3v) is 5.85. The summed E-state index contributed by atoms with van der Waals surface area (Å²) in [4.78, 5) is 14.3. The number of nitrogens with one attached hydrogen (secondary N) is 2. The van der Waals surface area contributed by atoms with Crippen molar-refractivity contribution < 1.29 is 0 Å². The van der Waals surface area contributed by atoms with Crippen LogP contribution in [0.4, 0.5) is 17.6 Å². The summed E-state index contributed by atoms with van der Waals surface area (Å²) in [6.45, 7) is 9.10. The highest BCUT2D eigenvalue weighted by atomic mass is 32.1. The standard InChI is InChI=1S/C22H30N6S/c1-3-10-23-22(29)26-21-24-19(27-11-6-7-16(2)13-27)12-20(25-21)28-14-17-8-4-5-9-18(17)15-28/h4-5,8-9,12,16H,3,6-7,10-11,13-15H2,1-2H3,(H2,23,24,25,26,29)/t16-/m0/s1. The molecule has 29 heavy (non-hydrogen) atoms. The first-order valence-corrected chi connectivity index (χ1v) is 11.0. The third kappa shape index (κ3) is 4.78. The molecule has 2 N–H and O–H groups in total. The van der Waals surface area contributed by atoms with Gasteiger partial charge in [-0.15, -0.1) is 0 Å². The monoisotopic (exact) mass is 410 g/mol. The lowest BCUT2D eigenvalue weighted by atomic mass is 10.0. The van der Waals surface area contributed by atoms with Crippen molar-refractivity contribution in [2.45, 2.75) is 46.2 Å². The summed E-state index contributed by atoms with van der Waals surface area (Å²) in [5.41, 5.74) is 2.74. The highest BCUT2D eigenvalue weighted by Gasteiger charge is 2.24. The maximum Gasteiger partial charge on any atom is 0.232 e. The molecule has 7 heteroatoms. The Balaban J connectivity index is 1.60. The van der Waals surface area contributed by atoms with Crippen LogP contribution in [0.25, 0.3) is 0 Å². The Hall–Kier alpha value is -2.41. The predicted octanol–water partition coefficient (Wildman–Crippen LogP) is 3.93. The first-order valence-electron chi connectivity index (χ1n) is 10.6. The zero-order valence-electron chi connectivity index (χ0n) is 17.3. The molecule has 0 radical (unpaired) electrons. The van der Waals surface area contributed by atoms with E-state index in [0.717, 1.165) is 50.8 Å². The Bertz CT molecular complexity index is 845. The topological polar surface area (TPSA) is 56.3 Å². The minimum absolute atomic E-state index is 0.570. The van der Waals surface area contributed by atoms with E-state index in [9.17, 15) is 0 Å². The molecule has 3 heterocycles. The molecule has 4 rings (SSSR count). The molecular formula is C22H30N6S. The van der Waals surface area contributed by atoms with Gasteiger partial charge in [0.1, 0.15) is 11.6 Å². The smallest absolute Gasteiger partial charge is 0.232 e. The Morgan fingerprint density at radius 1 is 1.14 bits per heavy atom. The van der Waals surface area contributed by atoms with E-state index in [1.807, 2.05) is 0 Å². The zero-order chi connectivity index (χ0) is 20.2. The van der Waals surface area contributed by atoms with Gasteiger partial charge < -0.3 is 20.4 Å². The van der Waals surface area contributed by atoms with Gasteiger partial charge in [0.2, 0.25) is 5.95 Å². The van der Waals surface area contributed by atoms with Gasteiger partial charge in [0, 0.05) is 38.8 Å². The van der Waals surface area contributed by atoms with E-state index in [1.54, 1.807) is 0 Å². The Labute approximate surface area is 178 Å². The second-order valence-corrected chi connectivity index (χ2v) is 8.52. The molecule has 0 aliphatic carbocycles. The predicted molar refractivity (Wildman–Crippen MR) is 123 cm³/mol. The molecule has 0 saturated carbocycles. The van der Waals surface area contributed by atoms with Crippen LogP contribution in [0.15, 0.2) is 30.3 Å². The van der Waals surface area contributed by atoms with Gasteiger partial charge in [-0.3, -0.25) is 0 Å². The number of aromatic nitrogens is 2. The quantitative estimate of drug-likeness (QED) is 0.724. The van der Waals surface area contributed by atoms with Crippen LogP contribution in [0.2, 0.25) is 0 Å². The summed E-state index contributed by atoms with van der Waals surface area (Å²) in [7, 11) is 0. The minimum Gasteiger partial charge on any atom is -0.362 e. The zero-order valence-corrected chi connectivity index (χ0v) is 18.1. The van der Waals surface area contributed by atoms with E-state index in [2.05, 4.69) is 64.6 Å². The van der Waals surface area contributed by atoms with Gasteiger partial charge in [-0.05, 0) is 48.5 Å². The number of piperidine rings is 1. The average molecular weight is 411 g/mol. The average Bonchev–Trinajstić information content (AvgIpc) is 3.16. The van der Waals surface area contributed by atoms with Gasteiger partial charge in [-0.1, -0.05) is 38.1 Å². The molecule has 1 aromatic carbocycles. The largest absolute Gasteiger partial charge is 0.362 e. The first kappa shape index (κ1) is 19.9. The van der Waals surface area contributed by atoms with Crippen molar-refractivity contribution in [1.29, 1.82) is 0 Å². The lowest BCUT2D eigenvalue weighted by Gasteiger charge is -2.32. The van der Waals surface area contributed by atoms with Crippen molar-refractivity contribution in [3.63, 3.8) is 0 Å². The van der Waals surface area contributed by atoms with Crippen LogP contribution < -0.4 is 20.4 Å². The van der Waals surface area contributed by atoms with Crippen molar-refractivity contribution >= 4 is 34.9 Å². The molecule has 0 unspecified atom stereocenters. The lowest BCUT2D eigenvalue weighted by Crippen LogP contribution is -2.35. The van der Waals surface area contributed by atoms with Gasteiger partial charge in [-0.25, -0.2) is 0 Å². The summed E-state index contributed by atoms with van der Waals surface area (Å²) < 4.78 is 0. The number of rotatable bonds is 5. The lowest BCUT2D eigenvalue weighted by molar-refractivity contribution is 0.444. The van der Waals surface area contributed by atoms with Crippen LogP contribution in [0.5, 0.6) is 0 Å². The van der Waals surface area contributed by atoms with Crippen LogP contribution in [-0.4, -0.2) is 34.7 Å². The van der Waals surface area contributed by atoms with E-state index in [0.29, 0.717) is 17.0 Å². The van der Waals surface area contributed by atoms with E-state index < -0.39 is 0 Å². The van der Waals surface area contributed by atoms with Crippen molar-refractivity contribution in [2.75, 3.05) is 34.8 Å². The second-order valence-electron chi connectivity index (χ2n) is 8.11. The molecule has 0 spiro atoms. The maximum atomic E-state index is 5.43. The molecule has 0 amide bonds. The Morgan fingerprint density at radius 3 is 2.48 bits per heavy atom. The van der Waals surface area contributed by atoms with E-state index in [-0.39, 0.29) is 0 Å².